The molecule has 0 radical (unpaired) electrons. The van der Waals surface area contributed by atoms with E-state index in [0.717, 1.165) is 0 Å². The topological polar surface area (TPSA) is 79.9 Å². The molecule has 0 aromatic heterocycles. The lowest BCUT2D eigenvalue weighted by Gasteiger charge is -2.19. The van der Waals surface area contributed by atoms with Crippen LogP contribution < -0.4 is 15.5 Å². The fraction of sp³-hybridized carbons (Fsp3) is 0.529. The fourth-order valence-electron chi connectivity index (χ4n) is 2.63. The first kappa shape index (κ1) is 19.1. The maximum atomic E-state index is 13.0. The highest BCUT2D eigenvalue weighted by atomic mass is 19.1. The highest BCUT2D eigenvalue weighted by molar-refractivity contribution is 5.96. The van der Waals surface area contributed by atoms with Gasteiger partial charge in [0.1, 0.15) is 5.82 Å². The average molecular weight is 353 g/mol. The smallest absolute Gasteiger partial charge is 0.315 e. The van der Waals surface area contributed by atoms with Gasteiger partial charge in [-0.3, -0.25) is 4.79 Å². The van der Waals surface area contributed by atoms with E-state index >= 15 is 0 Å². The van der Waals surface area contributed by atoms with Crippen LogP contribution in [0.4, 0.5) is 14.9 Å². The van der Waals surface area contributed by atoms with Gasteiger partial charge in [-0.25, -0.2) is 9.18 Å². The fourth-order valence-corrected chi connectivity index (χ4v) is 2.63. The minimum Gasteiger partial charge on any atom is -0.351 e. The van der Waals surface area contributed by atoms with Gasteiger partial charge < -0.3 is 25.0 Å². The normalized spacial score (nSPS) is 17.2. The molecule has 2 N–H and O–H groups in total. The zero-order valence-electron chi connectivity index (χ0n) is 14.5. The zero-order chi connectivity index (χ0) is 18.2. The van der Waals surface area contributed by atoms with Gasteiger partial charge in [0.2, 0.25) is 5.91 Å². The van der Waals surface area contributed by atoms with Gasteiger partial charge in [-0.05, 0) is 38.1 Å². The van der Waals surface area contributed by atoms with E-state index in [1.165, 1.54) is 17.0 Å². The van der Waals surface area contributed by atoms with Crippen LogP contribution in [0.1, 0.15) is 20.3 Å². The van der Waals surface area contributed by atoms with Crippen LogP contribution in [0, 0.1) is 5.82 Å². The molecule has 7 nitrogen and oxygen atoms in total. The molecule has 0 bridgehead atoms. The van der Waals surface area contributed by atoms with E-state index in [0.29, 0.717) is 25.4 Å². The van der Waals surface area contributed by atoms with Crippen molar-refractivity contribution in [2.24, 2.45) is 0 Å². The van der Waals surface area contributed by atoms with Crippen LogP contribution in [0.3, 0.4) is 0 Å². The molecule has 1 heterocycles. The lowest BCUT2D eigenvalue weighted by molar-refractivity contribution is -0.131. The van der Waals surface area contributed by atoms with Crippen LogP contribution >= 0.6 is 0 Å². The minimum absolute atomic E-state index is 0.113. The summed E-state index contributed by atoms with van der Waals surface area (Å²) in [5, 5.41) is 5.44. The molecule has 1 unspecified atom stereocenters. The van der Waals surface area contributed by atoms with Crippen LogP contribution in [0.2, 0.25) is 0 Å². The molecule has 0 saturated carbocycles. The summed E-state index contributed by atoms with van der Waals surface area (Å²) in [5.41, 5.74) is 0.615. The van der Waals surface area contributed by atoms with Crippen LogP contribution in [0.15, 0.2) is 24.3 Å². The Morgan fingerprint density at radius 3 is 2.52 bits per heavy atom. The maximum absolute atomic E-state index is 13.0. The summed E-state index contributed by atoms with van der Waals surface area (Å²) in [7, 11) is 0. The molecule has 2 rings (SSSR count). The third-order valence-corrected chi connectivity index (χ3v) is 3.73. The van der Waals surface area contributed by atoms with Gasteiger partial charge in [0, 0.05) is 31.9 Å². The SMILES string of the molecule is CCOC(CNC(=O)NC1CC(=O)N(c2ccc(F)cc2)C1)OCC. The van der Waals surface area contributed by atoms with Crippen LogP contribution in [0.5, 0.6) is 0 Å². The second kappa shape index (κ2) is 9.33. The number of hydrogen-bond acceptors (Lipinski definition) is 4. The number of rotatable bonds is 8. The number of nitrogens with one attached hydrogen (secondary N) is 2. The molecule has 1 aliphatic rings. The molecule has 8 heteroatoms. The number of carbonyl (C=O) groups is 2. The molecule has 3 amide bonds. The van der Waals surface area contributed by atoms with Gasteiger partial charge in [-0.2, -0.15) is 0 Å². The van der Waals surface area contributed by atoms with Gasteiger partial charge in [0.25, 0.3) is 0 Å². The van der Waals surface area contributed by atoms with Gasteiger partial charge in [0.05, 0.1) is 12.6 Å². The first-order valence-electron chi connectivity index (χ1n) is 8.37. The van der Waals surface area contributed by atoms with Crippen molar-refractivity contribution in [1.82, 2.24) is 10.6 Å². The molecular weight excluding hydrogens is 329 g/mol. The number of urea groups is 1. The van der Waals surface area contributed by atoms with Crippen LogP contribution in [0.25, 0.3) is 0 Å². The molecule has 1 aromatic carbocycles. The predicted molar refractivity (Wildman–Crippen MR) is 90.7 cm³/mol. The molecule has 25 heavy (non-hydrogen) atoms. The van der Waals surface area contributed by atoms with E-state index in [9.17, 15) is 14.0 Å². The number of halogens is 1. The molecule has 1 aromatic rings. The van der Waals surface area contributed by atoms with Crippen LogP contribution in [-0.4, -0.2) is 50.6 Å². The molecule has 138 valence electrons. The molecule has 0 spiro atoms. The number of amides is 3. The zero-order valence-corrected chi connectivity index (χ0v) is 14.5. The standard InChI is InChI=1S/C17H24FN3O4/c1-3-24-16(25-4-2)10-19-17(23)20-13-9-15(22)21(11-13)14-7-5-12(18)6-8-14/h5-8,13,16H,3-4,9-11H2,1-2H3,(H2,19,20,23). The van der Waals surface area contributed by atoms with Crippen molar-refractivity contribution in [1.29, 1.82) is 0 Å². The molecule has 1 aliphatic heterocycles. The van der Waals surface area contributed by atoms with Crippen molar-refractivity contribution in [3.63, 3.8) is 0 Å². The summed E-state index contributed by atoms with van der Waals surface area (Å²) >= 11 is 0. The molecule has 1 fully saturated rings. The Morgan fingerprint density at radius 1 is 1.28 bits per heavy atom. The quantitative estimate of drug-likeness (QED) is 0.696. The van der Waals surface area contributed by atoms with Crippen molar-refractivity contribution in [3.05, 3.63) is 30.1 Å². The number of hydrogen-bond donors (Lipinski definition) is 2. The predicted octanol–water partition coefficient (Wildman–Crippen LogP) is 1.63. The number of anilines is 1. The summed E-state index contributed by atoms with van der Waals surface area (Å²) in [6.07, 6.45) is -0.299. The Hall–Kier alpha value is -2.19. The number of nitrogens with zero attached hydrogens (tertiary/aromatic N) is 1. The van der Waals surface area contributed by atoms with E-state index in [1.54, 1.807) is 12.1 Å². The minimum atomic E-state index is -0.498. The second-order valence-electron chi connectivity index (χ2n) is 5.58. The summed E-state index contributed by atoms with van der Waals surface area (Å²) in [6, 6.07) is 5.00. The number of benzene rings is 1. The van der Waals surface area contributed by atoms with Crippen molar-refractivity contribution < 1.29 is 23.5 Å². The van der Waals surface area contributed by atoms with Crippen molar-refractivity contribution in [2.45, 2.75) is 32.6 Å². The van der Waals surface area contributed by atoms with Crippen molar-refractivity contribution in [2.75, 3.05) is 31.2 Å². The van der Waals surface area contributed by atoms with Crippen molar-refractivity contribution >= 4 is 17.6 Å². The van der Waals surface area contributed by atoms with E-state index in [4.69, 9.17) is 9.47 Å². The first-order chi connectivity index (χ1) is 12.0. The Kier molecular flexibility index (Phi) is 7.15. The van der Waals surface area contributed by atoms with Crippen LogP contribution in [-0.2, 0) is 14.3 Å². The summed E-state index contributed by atoms with van der Waals surface area (Å²) in [5.74, 6) is -0.471. The van der Waals surface area contributed by atoms with Gasteiger partial charge in [0.15, 0.2) is 6.29 Å². The lowest BCUT2D eigenvalue weighted by Crippen LogP contribution is -2.46. The van der Waals surface area contributed by atoms with E-state index < -0.39 is 6.29 Å². The second-order valence-corrected chi connectivity index (χ2v) is 5.58. The Labute approximate surface area is 146 Å². The Balaban J connectivity index is 1.82. The van der Waals surface area contributed by atoms with Crippen molar-refractivity contribution in [3.8, 4) is 0 Å². The third-order valence-electron chi connectivity index (χ3n) is 3.73. The average Bonchev–Trinajstić information content (AvgIpc) is 2.94. The largest absolute Gasteiger partial charge is 0.351 e. The van der Waals surface area contributed by atoms with E-state index in [1.807, 2.05) is 13.8 Å². The van der Waals surface area contributed by atoms with E-state index in [2.05, 4.69) is 10.6 Å². The summed E-state index contributed by atoms with van der Waals surface area (Å²) in [4.78, 5) is 25.6. The van der Waals surface area contributed by atoms with Gasteiger partial charge in [-0.15, -0.1) is 0 Å². The van der Waals surface area contributed by atoms with Gasteiger partial charge >= 0.3 is 6.03 Å². The molecular formula is C17H24FN3O4. The Morgan fingerprint density at radius 2 is 1.92 bits per heavy atom. The summed E-state index contributed by atoms with van der Waals surface area (Å²) in [6.45, 7) is 5.23. The highest BCUT2D eigenvalue weighted by Crippen LogP contribution is 2.21. The molecule has 1 atom stereocenters. The maximum Gasteiger partial charge on any atom is 0.315 e. The number of carbonyl (C=O) groups excluding carboxylic acids is 2. The third kappa shape index (κ3) is 5.68. The first-order valence-corrected chi connectivity index (χ1v) is 8.37. The summed E-state index contributed by atoms with van der Waals surface area (Å²) < 4.78 is 23.7. The lowest BCUT2D eigenvalue weighted by atomic mass is 10.2. The Bertz CT molecular complexity index is 576. The van der Waals surface area contributed by atoms with Gasteiger partial charge in [-0.1, -0.05) is 0 Å². The molecule has 1 saturated heterocycles. The monoisotopic (exact) mass is 353 g/mol. The molecule has 0 aliphatic carbocycles. The van der Waals surface area contributed by atoms with E-state index in [-0.39, 0.29) is 36.8 Å². The highest BCUT2D eigenvalue weighted by Gasteiger charge is 2.31. The number of ether oxygens (including phenoxy) is 2.